The second-order valence-electron chi connectivity index (χ2n) is 6.76. The first-order valence-corrected chi connectivity index (χ1v) is 9.76. The molecular weight excluding hydrogens is 340 g/mol. The van der Waals surface area contributed by atoms with E-state index in [9.17, 15) is 4.79 Å². The number of benzene rings is 1. The zero-order chi connectivity index (χ0) is 18.9. The molecule has 1 aromatic carbocycles. The fraction of sp³-hybridized carbons (Fsp3) is 0.476. The molecule has 2 aromatic rings. The Morgan fingerprint density at radius 1 is 1.22 bits per heavy atom. The van der Waals surface area contributed by atoms with Crippen LogP contribution in [0.5, 0.6) is 0 Å². The van der Waals surface area contributed by atoms with Gasteiger partial charge in [0.25, 0.3) is 0 Å². The van der Waals surface area contributed by atoms with Gasteiger partial charge in [0.1, 0.15) is 0 Å². The highest BCUT2D eigenvalue weighted by Gasteiger charge is 2.26. The average Bonchev–Trinajstić information content (AvgIpc) is 2.74. The second kappa shape index (κ2) is 10.0. The molecule has 0 radical (unpaired) electrons. The van der Waals surface area contributed by atoms with Gasteiger partial charge in [-0.2, -0.15) is 0 Å². The van der Waals surface area contributed by atoms with Gasteiger partial charge in [0.15, 0.2) is 0 Å². The van der Waals surface area contributed by atoms with E-state index < -0.39 is 0 Å². The van der Waals surface area contributed by atoms with Gasteiger partial charge in [-0.3, -0.25) is 4.79 Å². The van der Waals surface area contributed by atoms with Crippen LogP contribution in [0.4, 0.5) is 5.95 Å². The van der Waals surface area contributed by atoms with Crippen LogP contribution >= 0.6 is 0 Å². The largest absolute Gasteiger partial charge is 0.382 e. The lowest BCUT2D eigenvalue weighted by atomic mass is 9.97. The molecule has 0 aliphatic carbocycles. The summed E-state index contributed by atoms with van der Waals surface area (Å²) >= 11 is 0. The normalized spacial score (nSPS) is 16.9. The highest BCUT2D eigenvalue weighted by atomic mass is 16.5. The Bertz CT molecular complexity index is 706. The van der Waals surface area contributed by atoms with E-state index in [0.717, 1.165) is 36.9 Å². The molecule has 0 unspecified atom stereocenters. The maximum atomic E-state index is 12.4. The predicted molar refractivity (Wildman–Crippen MR) is 107 cm³/mol. The van der Waals surface area contributed by atoms with Crippen LogP contribution in [0.25, 0.3) is 11.1 Å². The number of anilines is 1. The highest BCUT2D eigenvalue weighted by molar-refractivity contribution is 5.79. The molecule has 1 amide bonds. The minimum absolute atomic E-state index is 0.0109. The number of hydrogen-bond donors (Lipinski definition) is 1. The van der Waals surface area contributed by atoms with Gasteiger partial charge in [-0.05, 0) is 31.7 Å². The van der Waals surface area contributed by atoms with E-state index in [1.54, 1.807) is 0 Å². The molecule has 6 nitrogen and oxygen atoms in total. The van der Waals surface area contributed by atoms with Gasteiger partial charge < -0.3 is 15.0 Å². The van der Waals surface area contributed by atoms with Crippen molar-refractivity contribution in [2.45, 2.75) is 26.2 Å². The Morgan fingerprint density at radius 3 is 2.74 bits per heavy atom. The topological polar surface area (TPSA) is 67.3 Å². The molecule has 1 N–H and O–H groups in total. The minimum Gasteiger partial charge on any atom is -0.382 e. The molecule has 1 saturated heterocycles. The number of piperidine rings is 1. The molecule has 27 heavy (non-hydrogen) atoms. The van der Waals surface area contributed by atoms with Crippen LogP contribution < -0.4 is 10.2 Å². The van der Waals surface area contributed by atoms with Gasteiger partial charge in [0.2, 0.25) is 11.9 Å². The third kappa shape index (κ3) is 5.50. The summed E-state index contributed by atoms with van der Waals surface area (Å²) in [4.78, 5) is 23.6. The summed E-state index contributed by atoms with van der Waals surface area (Å²) in [7, 11) is 0. The molecule has 6 heteroatoms. The molecule has 0 spiro atoms. The minimum atomic E-state index is -0.0109. The lowest BCUT2D eigenvalue weighted by Crippen LogP contribution is -2.44. The van der Waals surface area contributed by atoms with E-state index in [-0.39, 0.29) is 11.8 Å². The Morgan fingerprint density at radius 2 is 2.00 bits per heavy atom. The van der Waals surface area contributed by atoms with Gasteiger partial charge in [-0.1, -0.05) is 30.3 Å². The summed E-state index contributed by atoms with van der Waals surface area (Å²) in [6.07, 6.45) is 6.45. The van der Waals surface area contributed by atoms with Crippen LogP contribution in [0.15, 0.2) is 42.7 Å². The monoisotopic (exact) mass is 368 g/mol. The first kappa shape index (κ1) is 19.3. The zero-order valence-corrected chi connectivity index (χ0v) is 15.9. The highest BCUT2D eigenvalue weighted by Crippen LogP contribution is 2.22. The van der Waals surface area contributed by atoms with Crippen molar-refractivity contribution in [3.8, 4) is 11.1 Å². The Balaban J connectivity index is 1.54. The molecule has 1 fully saturated rings. The molecule has 1 atom stereocenters. The van der Waals surface area contributed by atoms with Crippen LogP contribution in [-0.2, 0) is 9.53 Å². The third-order valence-electron chi connectivity index (χ3n) is 4.79. The predicted octanol–water partition coefficient (Wildman–Crippen LogP) is 2.90. The summed E-state index contributed by atoms with van der Waals surface area (Å²) in [5.74, 6) is 0.809. The summed E-state index contributed by atoms with van der Waals surface area (Å²) in [6.45, 7) is 5.60. The van der Waals surface area contributed by atoms with Crippen LogP contribution in [0.2, 0.25) is 0 Å². The summed E-state index contributed by atoms with van der Waals surface area (Å²) in [6, 6.07) is 10.1. The molecule has 0 bridgehead atoms. The molecule has 3 rings (SSSR count). The fourth-order valence-corrected chi connectivity index (χ4v) is 3.31. The van der Waals surface area contributed by atoms with Crippen molar-refractivity contribution in [3.63, 3.8) is 0 Å². The van der Waals surface area contributed by atoms with Gasteiger partial charge in [-0.25, -0.2) is 9.97 Å². The molecule has 0 saturated carbocycles. The lowest BCUT2D eigenvalue weighted by Gasteiger charge is -2.32. The van der Waals surface area contributed by atoms with Crippen LogP contribution in [0.1, 0.15) is 26.2 Å². The Hall–Kier alpha value is -2.47. The van der Waals surface area contributed by atoms with E-state index in [1.165, 1.54) is 0 Å². The number of rotatable bonds is 8. The van der Waals surface area contributed by atoms with Crippen molar-refractivity contribution in [2.24, 2.45) is 5.92 Å². The molecular formula is C21H28N4O2. The van der Waals surface area contributed by atoms with Crippen LogP contribution in [0.3, 0.4) is 0 Å². The first-order chi connectivity index (χ1) is 13.3. The number of nitrogens with zero attached hydrogens (tertiary/aromatic N) is 3. The standard InChI is InChI=1S/C21H28N4O2/c1-2-27-13-7-11-22-20(26)18-10-6-12-25(16-18)21-23-14-19(15-24-21)17-8-4-3-5-9-17/h3-5,8-9,14-15,18H,2,6-7,10-13,16H2,1H3,(H,22,26)/t18-/m0/s1. The first-order valence-electron chi connectivity index (χ1n) is 9.76. The fourth-order valence-electron chi connectivity index (χ4n) is 3.31. The third-order valence-corrected chi connectivity index (χ3v) is 4.79. The number of carbonyl (C=O) groups excluding carboxylic acids is 1. The number of hydrogen-bond acceptors (Lipinski definition) is 5. The maximum absolute atomic E-state index is 12.4. The zero-order valence-electron chi connectivity index (χ0n) is 15.9. The number of aromatic nitrogens is 2. The van der Waals surface area contributed by atoms with Crippen molar-refractivity contribution in [3.05, 3.63) is 42.7 Å². The quantitative estimate of drug-likeness (QED) is 0.726. The van der Waals surface area contributed by atoms with Gasteiger partial charge in [-0.15, -0.1) is 0 Å². The number of ether oxygens (including phenoxy) is 1. The molecule has 2 heterocycles. The molecule has 1 aliphatic heterocycles. The van der Waals surface area contributed by atoms with E-state index >= 15 is 0 Å². The van der Waals surface area contributed by atoms with E-state index in [2.05, 4.69) is 20.2 Å². The number of carbonyl (C=O) groups is 1. The van der Waals surface area contributed by atoms with Crippen LogP contribution in [0, 0.1) is 5.92 Å². The van der Waals surface area contributed by atoms with Gasteiger partial charge >= 0.3 is 0 Å². The molecule has 1 aliphatic rings. The molecule has 144 valence electrons. The van der Waals surface area contributed by atoms with Crippen molar-refractivity contribution in [1.29, 1.82) is 0 Å². The van der Waals surface area contributed by atoms with Crippen molar-refractivity contribution < 1.29 is 9.53 Å². The maximum Gasteiger partial charge on any atom is 0.225 e. The van der Waals surface area contributed by atoms with Crippen molar-refractivity contribution in [1.82, 2.24) is 15.3 Å². The van der Waals surface area contributed by atoms with Crippen LogP contribution in [-0.4, -0.2) is 48.7 Å². The van der Waals surface area contributed by atoms with E-state index in [4.69, 9.17) is 4.74 Å². The van der Waals surface area contributed by atoms with Crippen molar-refractivity contribution >= 4 is 11.9 Å². The molecule has 1 aromatic heterocycles. The average molecular weight is 368 g/mol. The van der Waals surface area contributed by atoms with Gasteiger partial charge in [0, 0.05) is 50.8 Å². The lowest BCUT2D eigenvalue weighted by molar-refractivity contribution is -0.125. The summed E-state index contributed by atoms with van der Waals surface area (Å²) in [5, 5.41) is 3.03. The smallest absolute Gasteiger partial charge is 0.225 e. The Kier molecular flexibility index (Phi) is 7.16. The van der Waals surface area contributed by atoms with E-state index in [0.29, 0.717) is 32.3 Å². The SMILES string of the molecule is CCOCCCNC(=O)[C@H]1CCCN(c2ncc(-c3ccccc3)cn2)C1. The second-order valence-corrected chi connectivity index (χ2v) is 6.76. The Labute approximate surface area is 161 Å². The number of amides is 1. The van der Waals surface area contributed by atoms with Crippen molar-refractivity contribution in [2.75, 3.05) is 37.7 Å². The summed E-state index contributed by atoms with van der Waals surface area (Å²) in [5.41, 5.74) is 2.10. The number of nitrogens with one attached hydrogen (secondary N) is 1. The van der Waals surface area contributed by atoms with Gasteiger partial charge in [0.05, 0.1) is 5.92 Å². The van der Waals surface area contributed by atoms with E-state index in [1.807, 2.05) is 49.6 Å². The summed E-state index contributed by atoms with van der Waals surface area (Å²) < 4.78 is 5.30.